The van der Waals surface area contributed by atoms with Crippen LogP contribution in [0.4, 0.5) is 4.39 Å². The molecule has 0 aliphatic carbocycles. The van der Waals surface area contributed by atoms with Crippen molar-refractivity contribution in [1.82, 2.24) is 20.0 Å². The quantitative estimate of drug-likeness (QED) is 0.494. The second-order valence-electron chi connectivity index (χ2n) is 11.7. The highest BCUT2D eigenvalue weighted by Crippen LogP contribution is 2.25. The van der Waals surface area contributed by atoms with Gasteiger partial charge in [-0.3, -0.25) is 9.59 Å². The number of halogens is 1. The Bertz CT molecular complexity index is 836. The van der Waals surface area contributed by atoms with Gasteiger partial charge in [-0.15, -0.1) is 0 Å². The molecule has 0 aromatic heterocycles. The fraction of sp³-hybridized carbons (Fsp3) is 0.724. The number of piperazine rings is 1. The maximum Gasteiger partial charge on any atom is 0.245 e. The number of rotatable bonds is 11. The fourth-order valence-corrected chi connectivity index (χ4v) is 5.57. The maximum absolute atomic E-state index is 13.7. The first kappa shape index (κ1) is 28.6. The Kier molecular flexibility index (Phi) is 10.7. The summed E-state index contributed by atoms with van der Waals surface area (Å²) in [5.74, 6) is 1.40. The molecule has 1 unspecified atom stereocenters. The smallest absolute Gasteiger partial charge is 0.245 e. The van der Waals surface area contributed by atoms with Gasteiger partial charge in [-0.25, -0.2) is 4.39 Å². The van der Waals surface area contributed by atoms with Crippen LogP contribution < -0.4 is 5.32 Å². The maximum atomic E-state index is 13.7. The summed E-state index contributed by atoms with van der Waals surface area (Å²) in [5, 5.41) is 3.37. The van der Waals surface area contributed by atoms with Gasteiger partial charge in [0.25, 0.3) is 0 Å². The highest BCUT2D eigenvalue weighted by molar-refractivity contribution is 5.90. The summed E-state index contributed by atoms with van der Waals surface area (Å²) in [6.07, 6.45) is 4.64. The minimum Gasteiger partial charge on any atom is -0.341 e. The van der Waals surface area contributed by atoms with Crippen LogP contribution in [0.3, 0.4) is 0 Å². The van der Waals surface area contributed by atoms with E-state index in [1.807, 2.05) is 21.9 Å². The summed E-state index contributed by atoms with van der Waals surface area (Å²) in [5.41, 5.74) is 1.12. The molecule has 2 fully saturated rings. The number of benzene rings is 1. The molecule has 0 spiro atoms. The summed E-state index contributed by atoms with van der Waals surface area (Å²) in [4.78, 5) is 33.1. The normalized spacial score (nSPS) is 20.6. The van der Waals surface area contributed by atoms with Gasteiger partial charge in [0.2, 0.25) is 11.8 Å². The molecule has 1 aromatic carbocycles. The molecule has 2 aliphatic heterocycles. The van der Waals surface area contributed by atoms with Crippen LogP contribution in [0.25, 0.3) is 0 Å². The Morgan fingerprint density at radius 2 is 1.75 bits per heavy atom. The molecule has 7 heteroatoms. The van der Waals surface area contributed by atoms with Crippen LogP contribution in [-0.4, -0.2) is 78.4 Å². The monoisotopic (exact) mass is 502 g/mol. The second-order valence-corrected chi connectivity index (χ2v) is 11.7. The molecule has 3 rings (SSSR count). The lowest BCUT2D eigenvalue weighted by Crippen LogP contribution is -2.62. The third kappa shape index (κ3) is 8.27. The van der Waals surface area contributed by atoms with E-state index in [1.165, 1.54) is 12.1 Å². The molecule has 36 heavy (non-hydrogen) atoms. The van der Waals surface area contributed by atoms with Gasteiger partial charge in [0.05, 0.1) is 6.04 Å². The topological polar surface area (TPSA) is 55.9 Å². The van der Waals surface area contributed by atoms with Crippen LogP contribution in [0.2, 0.25) is 0 Å². The van der Waals surface area contributed by atoms with Gasteiger partial charge < -0.3 is 20.0 Å². The minimum atomic E-state index is -0.354. The number of hydrogen-bond donors (Lipinski definition) is 1. The average molecular weight is 503 g/mol. The van der Waals surface area contributed by atoms with Crippen LogP contribution in [0.15, 0.2) is 24.3 Å². The SMILES string of the molecule is CC(C)CC(C(=O)N1CCC(CCN(C)Cc2ccc(F)cc2)CC1)N1CCN[C@@H](CC(C)C)C1=O. The zero-order valence-electron chi connectivity index (χ0n) is 23.0. The first-order valence-electron chi connectivity index (χ1n) is 13.9. The zero-order chi connectivity index (χ0) is 26.2. The lowest BCUT2D eigenvalue weighted by atomic mass is 9.91. The van der Waals surface area contributed by atoms with Crippen molar-refractivity contribution in [2.75, 3.05) is 39.8 Å². The van der Waals surface area contributed by atoms with Crippen molar-refractivity contribution in [3.05, 3.63) is 35.6 Å². The highest BCUT2D eigenvalue weighted by Gasteiger charge is 2.39. The molecule has 2 amide bonds. The average Bonchev–Trinajstić information content (AvgIpc) is 2.84. The molecule has 2 atom stereocenters. The summed E-state index contributed by atoms with van der Waals surface area (Å²) >= 11 is 0. The van der Waals surface area contributed by atoms with Gasteiger partial charge in [0, 0.05) is 32.7 Å². The van der Waals surface area contributed by atoms with Crippen molar-refractivity contribution in [1.29, 1.82) is 0 Å². The number of carbonyl (C=O) groups excluding carboxylic acids is 2. The number of likely N-dealkylation sites (tertiary alicyclic amines) is 1. The standard InChI is InChI=1S/C29H47FN4O2/c1-21(2)18-26-28(35)34(17-13-31-26)27(19-22(3)4)29(36)33-15-11-23(12-16-33)10-14-32(5)20-24-6-8-25(30)9-7-24/h6-9,21-23,26-27,31H,10-20H2,1-5H3/t26-,27?/m0/s1. The first-order valence-corrected chi connectivity index (χ1v) is 13.9. The zero-order valence-corrected chi connectivity index (χ0v) is 23.0. The van der Waals surface area contributed by atoms with Crippen molar-refractivity contribution < 1.29 is 14.0 Å². The largest absolute Gasteiger partial charge is 0.341 e. The van der Waals surface area contributed by atoms with Gasteiger partial charge in [0.15, 0.2) is 0 Å². The van der Waals surface area contributed by atoms with Crippen molar-refractivity contribution in [2.45, 2.75) is 78.4 Å². The van der Waals surface area contributed by atoms with Crippen LogP contribution >= 0.6 is 0 Å². The molecule has 1 N–H and O–H groups in total. The van der Waals surface area contributed by atoms with E-state index in [0.29, 0.717) is 30.7 Å². The lowest BCUT2D eigenvalue weighted by molar-refractivity contribution is -0.150. The number of hydrogen-bond acceptors (Lipinski definition) is 4. The number of piperidine rings is 1. The van der Waals surface area contributed by atoms with E-state index in [1.54, 1.807) is 0 Å². The van der Waals surface area contributed by atoms with E-state index < -0.39 is 0 Å². The molecule has 2 aliphatic rings. The summed E-state index contributed by atoms with van der Waals surface area (Å²) in [6.45, 7) is 13.2. The van der Waals surface area contributed by atoms with E-state index in [2.05, 4.69) is 45.0 Å². The molecule has 1 aromatic rings. The molecule has 0 bridgehead atoms. The van der Waals surface area contributed by atoms with Crippen molar-refractivity contribution in [3.63, 3.8) is 0 Å². The molecular weight excluding hydrogens is 455 g/mol. The third-order valence-electron chi connectivity index (χ3n) is 7.60. The van der Waals surface area contributed by atoms with E-state index in [0.717, 1.165) is 64.0 Å². The first-order chi connectivity index (χ1) is 17.1. The van der Waals surface area contributed by atoms with Crippen molar-refractivity contribution in [2.24, 2.45) is 17.8 Å². The Hall–Kier alpha value is -1.99. The molecule has 202 valence electrons. The van der Waals surface area contributed by atoms with E-state index in [4.69, 9.17) is 0 Å². The number of nitrogens with zero attached hydrogens (tertiary/aromatic N) is 3. The molecule has 2 saturated heterocycles. The molecule has 6 nitrogen and oxygen atoms in total. The molecule has 0 radical (unpaired) electrons. The van der Waals surface area contributed by atoms with Gasteiger partial charge in [0.1, 0.15) is 11.9 Å². The third-order valence-corrected chi connectivity index (χ3v) is 7.60. The Morgan fingerprint density at radius 1 is 1.08 bits per heavy atom. The Balaban J connectivity index is 1.51. The van der Waals surface area contributed by atoms with Crippen LogP contribution in [-0.2, 0) is 16.1 Å². The molecule has 0 saturated carbocycles. The van der Waals surface area contributed by atoms with Gasteiger partial charge in [-0.2, -0.15) is 0 Å². The van der Waals surface area contributed by atoms with Crippen molar-refractivity contribution in [3.8, 4) is 0 Å². The molecule has 2 heterocycles. The predicted octanol–water partition coefficient (Wildman–Crippen LogP) is 4.15. The lowest BCUT2D eigenvalue weighted by Gasteiger charge is -2.42. The van der Waals surface area contributed by atoms with Crippen LogP contribution in [0, 0.1) is 23.6 Å². The van der Waals surface area contributed by atoms with E-state index in [-0.39, 0.29) is 29.7 Å². The number of amides is 2. The fourth-order valence-electron chi connectivity index (χ4n) is 5.57. The number of carbonyl (C=O) groups is 2. The van der Waals surface area contributed by atoms with Gasteiger partial charge in [-0.1, -0.05) is 39.8 Å². The Morgan fingerprint density at radius 3 is 2.36 bits per heavy atom. The Labute approximate surface area is 217 Å². The van der Waals surface area contributed by atoms with Crippen LogP contribution in [0.5, 0.6) is 0 Å². The second kappa shape index (κ2) is 13.5. The van der Waals surface area contributed by atoms with E-state index >= 15 is 0 Å². The minimum absolute atomic E-state index is 0.0908. The summed E-state index contributed by atoms with van der Waals surface area (Å²) in [6, 6.07) is 6.18. The molecular formula is C29H47FN4O2. The number of nitrogens with one attached hydrogen (secondary N) is 1. The summed E-state index contributed by atoms with van der Waals surface area (Å²) < 4.78 is 13.1. The van der Waals surface area contributed by atoms with Gasteiger partial charge in [-0.05, 0) is 81.1 Å². The van der Waals surface area contributed by atoms with E-state index in [9.17, 15) is 14.0 Å². The van der Waals surface area contributed by atoms with Gasteiger partial charge >= 0.3 is 0 Å². The van der Waals surface area contributed by atoms with Crippen molar-refractivity contribution >= 4 is 11.8 Å². The predicted molar refractivity (Wildman–Crippen MR) is 143 cm³/mol. The highest BCUT2D eigenvalue weighted by atomic mass is 19.1. The van der Waals surface area contributed by atoms with Crippen LogP contribution in [0.1, 0.15) is 65.4 Å². The summed E-state index contributed by atoms with van der Waals surface area (Å²) in [7, 11) is 2.11.